The Bertz CT molecular complexity index is 579. The first kappa shape index (κ1) is 20.1. The molecule has 3 rings (SSSR count). The van der Waals surface area contributed by atoms with Crippen LogP contribution in [0.15, 0.2) is 30.3 Å². The summed E-state index contributed by atoms with van der Waals surface area (Å²) >= 11 is 0. The van der Waals surface area contributed by atoms with E-state index in [2.05, 4.69) is 0 Å². The molecule has 1 saturated heterocycles. The fourth-order valence-electron chi connectivity index (χ4n) is 3.83. The van der Waals surface area contributed by atoms with E-state index in [0.29, 0.717) is 38.8 Å². The van der Waals surface area contributed by atoms with Crippen LogP contribution in [0.1, 0.15) is 44.1 Å². The van der Waals surface area contributed by atoms with Gasteiger partial charge in [0.2, 0.25) is 0 Å². The van der Waals surface area contributed by atoms with E-state index in [0.717, 1.165) is 44.1 Å². The molecular weight excluding hydrogens is 344 g/mol. The number of benzene rings is 1. The van der Waals surface area contributed by atoms with E-state index in [9.17, 15) is 9.90 Å². The van der Waals surface area contributed by atoms with E-state index in [-0.39, 0.29) is 12.1 Å². The van der Waals surface area contributed by atoms with Gasteiger partial charge in [0.25, 0.3) is 0 Å². The highest BCUT2D eigenvalue weighted by Gasteiger charge is 2.32. The van der Waals surface area contributed by atoms with Gasteiger partial charge < -0.3 is 25.2 Å². The van der Waals surface area contributed by atoms with Gasteiger partial charge in [-0.05, 0) is 50.0 Å². The predicted molar refractivity (Wildman–Crippen MR) is 103 cm³/mol. The van der Waals surface area contributed by atoms with Gasteiger partial charge in [-0.1, -0.05) is 30.3 Å². The summed E-state index contributed by atoms with van der Waals surface area (Å²) in [5.74, 6) is 0.428. The third-order valence-electron chi connectivity index (χ3n) is 5.76. The molecule has 1 aliphatic heterocycles. The van der Waals surface area contributed by atoms with E-state index >= 15 is 0 Å². The molecule has 3 N–H and O–H groups in total. The Hall–Kier alpha value is -1.63. The van der Waals surface area contributed by atoms with Crippen molar-refractivity contribution in [2.24, 2.45) is 11.7 Å². The molecule has 1 aliphatic carbocycles. The molecule has 2 fully saturated rings. The van der Waals surface area contributed by atoms with E-state index in [1.165, 1.54) is 0 Å². The Balaban J connectivity index is 1.31. The molecule has 1 amide bonds. The molecule has 27 heavy (non-hydrogen) atoms. The van der Waals surface area contributed by atoms with Crippen molar-refractivity contribution in [2.75, 3.05) is 26.3 Å². The van der Waals surface area contributed by atoms with Crippen molar-refractivity contribution in [3.8, 4) is 0 Å². The van der Waals surface area contributed by atoms with Gasteiger partial charge in [0.15, 0.2) is 0 Å². The minimum Gasteiger partial charge on any atom is -0.445 e. The average molecular weight is 376 g/mol. The Kier molecular flexibility index (Phi) is 7.10. The monoisotopic (exact) mass is 376 g/mol. The van der Waals surface area contributed by atoms with Crippen LogP contribution in [-0.2, 0) is 16.1 Å². The van der Waals surface area contributed by atoms with Gasteiger partial charge >= 0.3 is 6.09 Å². The number of carbonyl (C=O) groups excluding carboxylic acids is 1. The standard InChI is InChI=1S/C21H32N2O4/c22-19-6-10-21(25,11-7-19)16-26-14-18-8-12-23(13-9-18)20(24)27-15-17-4-2-1-3-5-17/h1-5,18-19,25H,6-16,22H2. The van der Waals surface area contributed by atoms with Crippen LogP contribution in [0.5, 0.6) is 0 Å². The fourth-order valence-corrected chi connectivity index (χ4v) is 3.83. The molecule has 1 heterocycles. The molecule has 1 aromatic rings. The number of ether oxygens (including phenoxy) is 2. The summed E-state index contributed by atoms with van der Waals surface area (Å²) in [6.07, 6.45) is 4.74. The molecule has 150 valence electrons. The van der Waals surface area contributed by atoms with Gasteiger partial charge in [-0.3, -0.25) is 0 Å². The third-order valence-corrected chi connectivity index (χ3v) is 5.76. The van der Waals surface area contributed by atoms with Gasteiger partial charge in [-0.25, -0.2) is 4.79 Å². The molecule has 0 radical (unpaired) electrons. The highest BCUT2D eigenvalue weighted by Crippen LogP contribution is 2.28. The lowest BCUT2D eigenvalue weighted by Crippen LogP contribution is -2.43. The van der Waals surface area contributed by atoms with Gasteiger partial charge in [0.05, 0.1) is 12.2 Å². The molecule has 0 atom stereocenters. The van der Waals surface area contributed by atoms with Gasteiger partial charge in [0.1, 0.15) is 6.61 Å². The number of aliphatic hydroxyl groups is 1. The topological polar surface area (TPSA) is 85.0 Å². The maximum Gasteiger partial charge on any atom is 0.410 e. The number of amides is 1. The second-order valence-electron chi connectivity index (χ2n) is 8.05. The number of likely N-dealkylation sites (tertiary alicyclic amines) is 1. The van der Waals surface area contributed by atoms with Crippen LogP contribution in [0.4, 0.5) is 4.79 Å². The number of rotatable bonds is 6. The van der Waals surface area contributed by atoms with Crippen molar-refractivity contribution in [1.29, 1.82) is 0 Å². The first-order valence-corrected chi connectivity index (χ1v) is 10.1. The van der Waals surface area contributed by atoms with Crippen LogP contribution in [-0.4, -0.2) is 54.0 Å². The normalized spacial score (nSPS) is 26.7. The van der Waals surface area contributed by atoms with Crippen molar-refractivity contribution in [3.63, 3.8) is 0 Å². The van der Waals surface area contributed by atoms with Crippen molar-refractivity contribution in [1.82, 2.24) is 4.90 Å². The molecule has 1 saturated carbocycles. The number of hydrogen-bond acceptors (Lipinski definition) is 5. The first-order valence-electron chi connectivity index (χ1n) is 10.1. The third kappa shape index (κ3) is 6.19. The van der Waals surface area contributed by atoms with E-state index in [1.54, 1.807) is 4.90 Å². The highest BCUT2D eigenvalue weighted by atomic mass is 16.6. The largest absolute Gasteiger partial charge is 0.445 e. The fraction of sp³-hybridized carbons (Fsp3) is 0.667. The van der Waals surface area contributed by atoms with Crippen molar-refractivity contribution in [3.05, 3.63) is 35.9 Å². The maximum atomic E-state index is 12.2. The zero-order valence-corrected chi connectivity index (χ0v) is 16.0. The quantitative estimate of drug-likeness (QED) is 0.797. The predicted octanol–water partition coefficient (Wildman–Crippen LogP) is 2.68. The van der Waals surface area contributed by atoms with Crippen LogP contribution < -0.4 is 5.73 Å². The van der Waals surface area contributed by atoms with Crippen molar-refractivity contribution < 1.29 is 19.4 Å². The van der Waals surface area contributed by atoms with Crippen LogP contribution >= 0.6 is 0 Å². The Labute approximate surface area is 161 Å². The van der Waals surface area contributed by atoms with Crippen LogP contribution in [0.3, 0.4) is 0 Å². The highest BCUT2D eigenvalue weighted by molar-refractivity contribution is 5.67. The lowest BCUT2D eigenvalue weighted by atomic mass is 9.83. The molecular formula is C21H32N2O4. The van der Waals surface area contributed by atoms with Gasteiger partial charge in [-0.15, -0.1) is 0 Å². The van der Waals surface area contributed by atoms with Gasteiger partial charge in [-0.2, -0.15) is 0 Å². The molecule has 2 aliphatic rings. The Morgan fingerprint density at radius 2 is 1.81 bits per heavy atom. The zero-order valence-electron chi connectivity index (χ0n) is 16.0. The lowest BCUT2D eigenvalue weighted by Gasteiger charge is -2.35. The lowest BCUT2D eigenvalue weighted by molar-refractivity contribution is -0.0792. The molecule has 1 aromatic carbocycles. The number of nitrogens with two attached hydrogens (primary N) is 1. The first-order chi connectivity index (χ1) is 13.0. The summed E-state index contributed by atoms with van der Waals surface area (Å²) in [7, 11) is 0. The summed E-state index contributed by atoms with van der Waals surface area (Å²) < 4.78 is 11.2. The Morgan fingerprint density at radius 3 is 2.48 bits per heavy atom. The second-order valence-corrected chi connectivity index (χ2v) is 8.05. The Morgan fingerprint density at radius 1 is 1.15 bits per heavy atom. The zero-order chi connectivity index (χ0) is 19.1. The molecule has 6 nitrogen and oxygen atoms in total. The summed E-state index contributed by atoms with van der Waals surface area (Å²) in [4.78, 5) is 14.0. The minimum atomic E-state index is -0.710. The molecule has 0 aromatic heterocycles. The molecule has 6 heteroatoms. The van der Waals surface area contributed by atoms with Crippen LogP contribution in [0.25, 0.3) is 0 Å². The van der Waals surface area contributed by atoms with Gasteiger partial charge in [0, 0.05) is 25.7 Å². The molecule has 0 spiro atoms. The van der Waals surface area contributed by atoms with Crippen LogP contribution in [0.2, 0.25) is 0 Å². The summed E-state index contributed by atoms with van der Waals surface area (Å²) in [6.45, 7) is 2.73. The summed E-state index contributed by atoms with van der Waals surface area (Å²) in [6, 6.07) is 9.94. The smallest absolute Gasteiger partial charge is 0.410 e. The van der Waals surface area contributed by atoms with E-state index in [1.807, 2.05) is 30.3 Å². The number of hydrogen-bond donors (Lipinski definition) is 2. The minimum absolute atomic E-state index is 0.219. The van der Waals surface area contributed by atoms with E-state index < -0.39 is 5.60 Å². The number of nitrogens with zero attached hydrogens (tertiary/aromatic N) is 1. The SMILES string of the molecule is NC1CCC(O)(COCC2CCN(C(=O)OCc3ccccc3)CC2)CC1. The molecule has 0 bridgehead atoms. The van der Waals surface area contributed by atoms with Crippen molar-refractivity contribution >= 4 is 6.09 Å². The van der Waals surface area contributed by atoms with E-state index in [4.69, 9.17) is 15.2 Å². The maximum absolute atomic E-state index is 12.2. The summed E-state index contributed by atoms with van der Waals surface area (Å²) in [5, 5.41) is 10.5. The number of piperidine rings is 1. The summed E-state index contributed by atoms with van der Waals surface area (Å²) in [5.41, 5.74) is 6.18. The molecule has 0 unspecified atom stereocenters. The number of carbonyl (C=O) groups is 1. The second kappa shape index (κ2) is 9.53. The van der Waals surface area contributed by atoms with Crippen LogP contribution in [0, 0.1) is 5.92 Å². The average Bonchev–Trinajstić information content (AvgIpc) is 2.70. The van der Waals surface area contributed by atoms with Crippen molar-refractivity contribution in [2.45, 2.75) is 56.8 Å².